The number of hydrogen-bond acceptors (Lipinski definition) is 3. The molecule has 22 heavy (non-hydrogen) atoms. The average Bonchev–Trinajstić information content (AvgIpc) is 2.54. The van der Waals surface area contributed by atoms with Gasteiger partial charge in [0.2, 0.25) is 0 Å². The van der Waals surface area contributed by atoms with Crippen molar-refractivity contribution < 1.29 is 9.53 Å². The lowest BCUT2D eigenvalue weighted by molar-refractivity contribution is 0.0951. The van der Waals surface area contributed by atoms with E-state index in [1.807, 2.05) is 31.2 Å². The van der Waals surface area contributed by atoms with Crippen molar-refractivity contribution >= 4 is 28.9 Å². The highest BCUT2D eigenvalue weighted by Crippen LogP contribution is 2.19. The number of amides is 1. The Labute approximate surface area is 134 Å². The Bertz CT molecular complexity index is 661. The number of ether oxygens (including phenoxy) is 1. The second kappa shape index (κ2) is 7.42. The van der Waals surface area contributed by atoms with E-state index >= 15 is 0 Å². The number of rotatable bonds is 4. The van der Waals surface area contributed by atoms with Gasteiger partial charge in [-0.15, -0.1) is 0 Å². The summed E-state index contributed by atoms with van der Waals surface area (Å²) in [5, 5.41) is 1.41. The van der Waals surface area contributed by atoms with Crippen LogP contribution in [-0.2, 0) is 0 Å². The van der Waals surface area contributed by atoms with Gasteiger partial charge < -0.3 is 10.5 Å². The molecule has 0 aliphatic carbocycles. The lowest BCUT2D eigenvalue weighted by Gasteiger charge is -2.23. The van der Waals surface area contributed by atoms with E-state index in [-0.39, 0.29) is 11.0 Å². The van der Waals surface area contributed by atoms with Crippen LogP contribution in [0.15, 0.2) is 54.6 Å². The van der Waals surface area contributed by atoms with Crippen molar-refractivity contribution in [3.8, 4) is 5.75 Å². The number of nitrogens with two attached hydrogens (primary N) is 1. The molecule has 114 valence electrons. The lowest BCUT2D eigenvalue weighted by atomic mass is 10.2. The Hall–Kier alpha value is -2.60. The molecule has 0 saturated heterocycles. The van der Waals surface area contributed by atoms with Crippen LogP contribution in [-0.4, -0.2) is 17.6 Å². The van der Waals surface area contributed by atoms with E-state index in [2.05, 4.69) is 5.43 Å². The maximum absolute atomic E-state index is 12.5. The van der Waals surface area contributed by atoms with Crippen molar-refractivity contribution in [3.63, 3.8) is 0 Å². The van der Waals surface area contributed by atoms with Crippen molar-refractivity contribution in [2.75, 3.05) is 11.6 Å². The summed E-state index contributed by atoms with van der Waals surface area (Å²) in [4.78, 5) is 12.5. The molecule has 0 unspecified atom stereocenters. The number of anilines is 1. The smallest absolute Gasteiger partial charge is 0.273 e. The Morgan fingerprint density at radius 3 is 2.45 bits per heavy atom. The molecule has 0 heterocycles. The predicted octanol–water partition coefficient (Wildman–Crippen LogP) is 2.48. The Morgan fingerprint density at radius 2 is 1.82 bits per heavy atom. The zero-order chi connectivity index (χ0) is 15.9. The van der Waals surface area contributed by atoms with Gasteiger partial charge in [0.1, 0.15) is 5.75 Å². The molecule has 0 aliphatic heterocycles. The third-order valence-electron chi connectivity index (χ3n) is 2.88. The van der Waals surface area contributed by atoms with Gasteiger partial charge in [-0.25, -0.2) is 5.01 Å². The summed E-state index contributed by atoms with van der Waals surface area (Å²) in [7, 11) is 0. The second-order valence-electron chi connectivity index (χ2n) is 4.38. The largest absolute Gasteiger partial charge is 0.493 e. The Kier molecular flexibility index (Phi) is 5.32. The fourth-order valence-electron chi connectivity index (χ4n) is 1.92. The fraction of sp³-hybridized carbons (Fsp3) is 0.125. The number of carbonyl (C=O) groups is 1. The van der Waals surface area contributed by atoms with E-state index < -0.39 is 0 Å². The summed E-state index contributed by atoms with van der Waals surface area (Å²) in [6, 6.07) is 16.1. The molecule has 0 fully saturated rings. The summed E-state index contributed by atoms with van der Waals surface area (Å²) < 4.78 is 5.46. The number of hydrogen-bond donors (Lipinski definition) is 2. The maximum Gasteiger partial charge on any atom is 0.273 e. The Balaban J connectivity index is 2.24. The highest BCUT2D eigenvalue weighted by Gasteiger charge is 2.17. The van der Waals surface area contributed by atoms with E-state index in [0.717, 1.165) is 0 Å². The van der Waals surface area contributed by atoms with Gasteiger partial charge in [-0.3, -0.25) is 10.2 Å². The molecule has 0 radical (unpaired) electrons. The summed E-state index contributed by atoms with van der Waals surface area (Å²) in [5.41, 5.74) is 9.50. The molecule has 0 spiro atoms. The maximum atomic E-state index is 12.5. The zero-order valence-electron chi connectivity index (χ0n) is 12.2. The summed E-state index contributed by atoms with van der Waals surface area (Å²) in [6.45, 7) is 2.34. The minimum Gasteiger partial charge on any atom is -0.493 e. The number of benzene rings is 2. The number of hydrazine groups is 1. The average molecular weight is 315 g/mol. The summed E-state index contributed by atoms with van der Waals surface area (Å²) >= 11 is 5.01. The van der Waals surface area contributed by atoms with Crippen LogP contribution in [0.3, 0.4) is 0 Å². The number of thiocarbonyl (C=S) groups is 1. The van der Waals surface area contributed by atoms with Crippen LogP contribution in [0.4, 0.5) is 5.69 Å². The standard InChI is InChI=1S/C16H17N3O2S/c1-2-21-14-11-7-6-10-13(14)15(20)18-19(16(17)22)12-8-4-3-5-9-12/h3-11H,2H2,1H3,(H2,17,22)(H,18,20). The molecule has 0 aromatic heterocycles. The first-order chi connectivity index (χ1) is 10.6. The number of carbonyl (C=O) groups excluding carboxylic acids is 1. The van der Waals surface area contributed by atoms with Crippen LogP contribution in [0.5, 0.6) is 5.75 Å². The molecule has 2 aromatic rings. The van der Waals surface area contributed by atoms with Crippen molar-refractivity contribution in [3.05, 3.63) is 60.2 Å². The van der Waals surface area contributed by atoms with Crippen molar-refractivity contribution in [1.29, 1.82) is 0 Å². The molecule has 1 amide bonds. The highest BCUT2D eigenvalue weighted by atomic mass is 32.1. The zero-order valence-corrected chi connectivity index (χ0v) is 13.0. The molecule has 5 nitrogen and oxygen atoms in total. The van der Waals surface area contributed by atoms with E-state index in [1.165, 1.54) is 5.01 Å². The molecule has 3 N–H and O–H groups in total. The quantitative estimate of drug-likeness (QED) is 0.670. The third-order valence-corrected chi connectivity index (χ3v) is 3.06. The predicted molar refractivity (Wildman–Crippen MR) is 90.8 cm³/mol. The molecular formula is C16H17N3O2S. The molecule has 0 aliphatic rings. The van der Waals surface area contributed by atoms with Gasteiger partial charge in [-0.05, 0) is 43.4 Å². The molecule has 6 heteroatoms. The van der Waals surface area contributed by atoms with Crippen LogP contribution in [0.25, 0.3) is 0 Å². The highest BCUT2D eigenvalue weighted by molar-refractivity contribution is 7.80. The first-order valence-corrected chi connectivity index (χ1v) is 7.21. The fourth-order valence-corrected chi connectivity index (χ4v) is 2.07. The monoisotopic (exact) mass is 315 g/mol. The minimum atomic E-state index is -0.347. The van der Waals surface area contributed by atoms with E-state index in [4.69, 9.17) is 22.7 Å². The van der Waals surface area contributed by atoms with Crippen LogP contribution in [0.2, 0.25) is 0 Å². The van der Waals surface area contributed by atoms with E-state index in [0.29, 0.717) is 23.6 Å². The van der Waals surface area contributed by atoms with Gasteiger partial charge >= 0.3 is 0 Å². The minimum absolute atomic E-state index is 0.0495. The number of nitrogens with one attached hydrogen (secondary N) is 1. The third kappa shape index (κ3) is 3.73. The molecule has 2 aromatic carbocycles. The molecule has 0 atom stereocenters. The van der Waals surface area contributed by atoms with Gasteiger partial charge in [0, 0.05) is 0 Å². The number of nitrogens with zero attached hydrogens (tertiary/aromatic N) is 1. The Morgan fingerprint density at radius 1 is 1.18 bits per heavy atom. The first kappa shape index (κ1) is 15.8. The van der Waals surface area contributed by atoms with E-state index in [1.54, 1.807) is 30.3 Å². The van der Waals surface area contributed by atoms with Crippen LogP contribution < -0.4 is 20.9 Å². The number of para-hydroxylation sites is 2. The van der Waals surface area contributed by atoms with Crippen molar-refractivity contribution in [2.24, 2.45) is 5.73 Å². The topological polar surface area (TPSA) is 67.6 Å². The molecular weight excluding hydrogens is 298 g/mol. The van der Waals surface area contributed by atoms with Gasteiger partial charge in [0.15, 0.2) is 5.11 Å². The summed E-state index contributed by atoms with van der Waals surface area (Å²) in [6.07, 6.45) is 0. The summed E-state index contributed by atoms with van der Waals surface area (Å²) in [5.74, 6) is 0.166. The molecule has 0 bridgehead atoms. The normalized spacial score (nSPS) is 9.86. The van der Waals surface area contributed by atoms with Gasteiger partial charge in [0.05, 0.1) is 17.9 Å². The van der Waals surface area contributed by atoms with Crippen molar-refractivity contribution in [1.82, 2.24) is 5.43 Å². The van der Waals surface area contributed by atoms with E-state index in [9.17, 15) is 4.79 Å². The molecule has 0 saturated carbocycles. The van der Waals surface area contributed by atoms with Crippen molar-refractivity contribution in [2.45, 2.75) is 6.92 Å². The molecule has 2 rings (SSSR count). The van der Waals surface area contributed by atoms with Crippen LogP contribution >= 0.6 is 12.2 Å². The first-order valence-electron chi connectivity index (χ1n) is 6.81. The van der Waals surface area contributed by atoms with Gasteiger partial charge in [-0.1, -0.05) is 30.3 Å². The second-order valence-corrected chi connectivity index (χ2v) is 4.80. The van der Waals surface area contributed by atoms with Crippen LogP contribution in [0.1, 0.15) is 17.3 Å². The van der Waals surface area contributed by atoms with Gasteiger partial charge in [0.25, 0.3) is 5.91 Å². The lowest BCUT2D eigenvalue weighted by Crippen LogP contribution is -2.49. The van der Waals surface area contributed by atoms with Gasteiger partial charge in [-0.2, -0.15) is 0 Å². The SMILES string of the molecule is CCOc1ccccc1C(=O)NN(C(N)=S)c1ccccc1. The van der Waals surface area contributed by atoms with Crippen LogP contribution in [0, 0.1) is 0 Å².